The lowest BCUT2D eigenvalue weighted by Crippen LogP contribution is -2.36. The van der Waals surface area contributed by atoms with Gasteiger partial charge < -0.3 is 15.4 Å². The fraction of sp³-hybridized carbons (Fsp3) is 0.643. The molecule has 1 aromatic heterocycles. The predicted molar refractivity (Wildman–Crippen MR) is 76.9 cm³/mol. The molecule has 0 aromatic carbocycles. The Labute approximate surface area is 118 Å². The summed E-state index contributed by atoms with van der Waals surface area (Å²) in [5, 5.41) is 12.1. The minimum absolute atomic E-state index is 0.0121. The first-order valence-corrected chi connectivity index (χ1v) is 6.93. The van der Waals surface area contributed by atoms with Gasteiger partial charge in [0.05, 0.1) is 11.8 Å². The fourth-order valence-corrected chi connectivity index (χ4v) is 1.88. The van der Waals surface area contributed by atoms with Crippen LogP contribution < -0.4 is 10.9 Å². The summed E-state index contributed by atoms with van der Waals surface area (Å²) in [5.41, 5.74) is -0.0262. The molecule has 0 bridgehead atoms. The average molecular weight is 281 g/mol. The molecule has 0 fully saturated rings. The lowest BCUT2D eigenvalue weighted by Gasteiger charge is -2.12. The molecule has 0 aliphatic carbocycles. The Bertz CT molecular complexity index is 523. The molecule has 0 radical (unpaired) electrons. The molecule has 0 aliphatic heterocycles. The molecule has 6 nitrogen and oxygen atoms in total. The number of nitrogens with one attached hydrogen (secondary N) is 2. The van der Waals surface area contributed by atoms with Crippen LogP contribution in [0.5, 0.6) is 0 Å². The van der Waals surface area contributed by atoms with E-state index in [1.165, 1.54) is 0 Å². The summed E-state index contributed by atoms with van der Waals surface area (Å²) in [4.78, 5) is 30.8. The summed E-state index contributed by atoms with van der Waals surface area (Å²) >= 11 is 0. The quantitative estimate of drug-likeness (QED) is 0.727. The van der Waals surface area contributed by atoms with E-state index in [1.807, 2.05) is 20.8 Å². The Morgan fingerprint density at radius 3 is 2.60 bits per heavy atom. The first-order valence-electron chi connectivity index (χ1n) is 6.93. The smallest absolute Gasteiger partial charge is 0.264 e. The number of hydrogen-bond acceptors (Lipinski definition) is 4. The summed E-state index contributed by atoms with van der Waals surface area (Å²) in [5.74, 6) is 0.154. The molecule has 1 unspecified atom stereocenters. The van der Waals surface area contributed by atoms with Crippen LogP contribution >= 0.6 is 0 Å². The molecule has 1 aromatic rings. The number of hydrogen-bond donors (Lipinski definition) is 3. The highest BCUT2D eigenvalue weighted by Crippen LogP contribution is 2.08. The van der Waals surface area contributed by atoms with Gasteiger partial charge >= 0.3 is 0 Å². The third-order valence-electron chi connectivity index (χ3n) is 3.01. The summed E-state index contributed by atoms with van der Waals surface area (Å²) in [7, 11) is 0. The number of amides is 1. The standard InChI is InChI=1S/C14H23N3O3/c1-5-6-10(18)7-15-13(19)11-9(4)16-12(8(2)3)17-14(11)20/h8,10,18H,5-7H2,1-4H3,(H,15,19)(H,16,17,20). The van der Waals surface area contributed by atoms with Crippen molar-refractivity contribution in [1.82, 2.24) is 15.3 Å². The normalized spacial score (nSPS) is 12.5. The van der Waals surface area contributed by atoms with Gasteiger partial charge in [0, 0.05) is 12.5 Å². The lowest BCUT2D eigenvalue weighted by atomic mass is 10.1. The molecule has 1 atom stereocenters. The molecule has 20 heavy (non-hydrogen) atoms. The van der Waals surface area contributed by atoms with E-state index in [0.29, 0.717) is 17.9 Å². The molecule has 112 valence electrons. The van der Waals surface area contributed by atoms with Crippen LogP contribution in [0.2, 0.25) is 0 Å². The van der Waals surface area contributed by atoms with Crippen LogP contribution in [-0.2, 0) is 0 Å². The Kier molecular flexibility index (Phi) is 5.88. The molecule has 0 saturated carbocycles. The highest BCUT2D eigenvalue weighted by atomic mass is 16.3. The van der Waals surface area contributed by atoms with Crippen molar-refractivity contribution in [3.8, 4) is 0 Å². The lowest BCUT2D eigenvalue weighted by molar-refractivity contribution is 0.0907. The highest BCUT2D eigenvalue weighted by molar-refractivity contribution is 5.94. The van der Waals surface area contributed by atoms with E-state index in [4.69, 9.17) is 0 Å². The van der Waals surface area contributed by atoms with Gasteiger partial charge in [0.1, 0.15) is 11.4 Å². The Balaban J connectivity index is 2.86. The fourth-order valence-electron chi connectivity index (χ4n) is 1.88. The van der Waals surface area contributed by atoms with Crippen molar-refractivity contribution in [2.45, 2.75) is 52.6 Å². The number of rotatable bonds is 6. The second-order valence-electron chi connectivity index (χ2n) is 5.22. The maximum atomic E-state index is 12.0. The molecule has 6 heteroatoms. The highest BCUT2D eigenvalue weighted by Gasteiger charge is 2.17. The van der Waals surface area contributed by atoms with Gasteiger partial charge in [-0.15, -0.1) is 0 Å². The second kappa shape index (κ2) is 7.19. The van der Waals surface area contributed by atoms with Gasteiger partial charge in [-0.3, -0.25) is 9.59 Å². The van der Waals surface area contributed by atoms with Gasteiger partial charge in [-0.05, 0) is 13.3 Å². The second-order valence-corrected chi connectivity index (χ2v) is 5.22. The summed E-state index contributed by atoms with van der Waals surface area (Å²) in [6, 6.07) is 0. The number of aromatic nitrogens is 2. The van der Waals surface area contributed by atoms with Crippen LogP contribution in [0, 0.1) is 6.92 Å². The van der Waals surface area contributed by atoms with E-state index in [-0.39, 0.29) is 18.0 Å². The van der Waals surface area contributed by atoms with Crippen molar-refractivity contribution in [2.75, 3.05) is 6.54 Å². The van der Waals surface area contributed by atoms with Crippen LogP contribution in [0.1, 0.15) is 61.4 Å². The molecule has 0 saturated heterocycles. The predicted octanol–water partition coefficient (Wildman–Crippen LogP) is 1.09. The van der Waals surface area contributed by atoms with Crippen molar-refractivity contribution in [3.63, 3.8) is 0 Å². The van der Waals surface area contributed by atoms with Crippen molar-refractivity contribution in [3.05, 3.63) is 27.4 Å². The van der Waals surface area contributed by atoms with Gasteiger partial charge in [-0.1, -0.05) is 27.2 Å². The number of H-pyrrole nitrogens is 1. The van der Waals surface area contributed by atoms with Gasteiger partial charge in [-0.2, -0.15) is 0 Å². The van der Waals surface area contributed by atoms with Crippen LogP contribution in [0.15, 0.2) is 4.79 Å². The number of carbonyl (C=O) groups excluding carboxylic acids is 1. The number of aromatic amines is 1. The van der Waals surface area contributed by atoms with Gasteiger partial charge in [-0.25, -0.2) is 4.98 Å². The summed E-state index contributed by atoms with van der Waals surface area (Å²) < 4.78 is 0. The monoisotopic (exact) mass is 281 g/mol. The molecular weight excluding hydrogens is 258 g/mol. The average Bonchev–Trinajstić information content (AvgIpc) is 2.35. The number of carbonyl (C=O) groups is 1. The Hall–Kier alpha value is -1.69. The minimum Gasteiger partial charge on any atom is -0.391 e. The third kappa shape index (κ3) is 4.16. The van der Waals surface area contributed by atoms with E-state index in [2.05, 4.69) is 15.3 Å². The SMILES string of the molecule is CCCC(O)CNC(=O)c1c(C)nc(C(C)C)[nH]c1=O. The molecule has 3 N–H and O–H groups in total. The van der Waals surface area contributed by atoms with Crippen LogP contribution in [0.3, 0.4) is 0 Å². The van der Waals surface area contributed by atoms with Gasteiger partial charge in [0.15, 0.2) is 0 Å². The number of aliphatic hydroxyl groups is 1. The Morgan fingerprint density at radius 1 is 1.45 bits per heavy atom. The Morgan fingerprint density at radius 2 is 2.10 bits per heavy atom. The first kappa shape index (κ1) is 16.4. The molecule has 0 aliphatic rings. The summed E-state index contributed by atoms with van der Waals surface area (Å²) in [6.07, 6.45) is 0.854. The number of aliphatic hydroxyl groups excluding tert-OH is 1. The maximum absolute atomic E-state index is 12.0. The minimum atomic E-state index is -0.591. The molecule has 1 heterocycles. The van der Waals surface area contributed by atoms with E-state index in [0.717, 1.165) is 6.42 Å². The van der Waals surface area contributed by atoms with Gasteiger partial charge in [0.2, 0.25) is 0 Å². The van der Waals surface area contributed by atoms with E-state index in [1.54, 1.807) is 6.92 Å². The summed E-state index contributed by atoms with van der Waals surface area (Å²) in [6.45, 7) is 7.56. The topological polar surface area (TPSA) is 95.1 Å². The third-order valence-corrected chi connectivity index (χ3v) is 3.01. The van der Waals surface area contributed by atoms with Crippen molar-refractivity contribution < 1.29 is 9.90 Å². The van der Waals surface area contributed by atoms with Crippen LogP contribution in [0.25, 0.3) is 0 Å². The van der Waals surface area contributed by atoms with Crippen molar-refractivity contribution >= 4 is 5.91 Å². The van der Waals surface area contributed by atoms with E-state index in [9.17, 15) is 14.7 Å². The maximum Gasteiger partial charge on any atom is 0.264 e. The number of nitrogens with zero attached hydrogens (tertiary/aromatic N) is 1. The zero-order chi connectivity index (χ0) is 15.3. The van der Waals surface area contributed by atoms with Crippen molar-refractivity contribution in [2.24, 2.45) is 0 Å². The van der Waals surface area contributed by atoms with Crippen LogP contribution in [-0.4, -0.2) is 33.6 Å². The van der Waals surface area contributed by atoms with Crippen molar-refractivity contribution in [1.29, 1.82) is 0 Å². The molecule has 1 amide bonds. The largest absolute Gasteiger partial charge is 0.391 e. The van der Waals surface area contributed by atoms with Crippen LogP contribution in [0.4, 0.5) is 0 Å². The first-order chi connectivity index (χ1) is 9.36. The van der Waals surface area contributed by atoms with E-state index < -0.39 is 17.6 Å². The molecule has 1 rings (SSSR count). The number of aryl methyl sites for hydroxylation is 1. The molecular formula is C14H23N3O3. The van der Waals surface area contributed by atoms with Gasteiger partial charge in [0.25, 0.3) is 11.5 Å². The van der Waals surface area contributed by atoms with E-state index >= 15 is 0 Å². The zero-order valence-corrected chi connectivity index (χ0v) is 12.5. The molecule has 0 spiro atoms. The zero-order valence-electron chi connectivity index (χ0n) is 12.5.